The van der Waals surface area contributed by atoms with Crippen LogP contribution in [0.25, 0.3) is 0 Å². The Morgan fingerprint density at radius 3 is 3.10 bits per heavy atom. The molecular weight excluding hydrogens is 312 g/mol. The van der Waals surface area contributed by atoms with E-state index in [1.165, 1.54) is 15.6 Å². The number of thiazole rings is 1. The largest absolute Gasteiger partial charge is 0.383 e. The van der Waals surface area contributed by atoms with E-state index in [0.29, 0.717) is 31.2 Å². The third kappa shape index (κ3) is 4.62. The SMILES string of the molecule is COCC1CCCN1S(=O)(=O)NCCCc1csc(N)n1. The van der Waals surface area contributed by atoms with Crippen LogP contribution in [0.1, 0.15) is 25.0 Å². The van der Waals surface area contributed by atoms with Gasteiger partial charge in [0, 0.05) is 31.6 Å². The van der Waals surface area contributed by atoms with Crippen molar-refractivity contribution in [2.24, 2.45) is 0 Å². The highest BCUT2D eigenvalue weighted by molar-refractivity contribution is 7.87. The van der Waals surface area contributed by atoms with Gasteiger partial charge in [-0.15, -0.1) is 11.3 Å². The van der Waals surface area contributed by atoms with Crippen molar-refractivity contribution >= 4 is 26.7 Å². The summed E-state index contributed by atoms with van der Waals surface area (Å²) >= 11 is 1.40. The fourth-order valence-electron chi connectivity index (χ4n) is 2.48. The van der Waals surface area contributed by atoms with Crippen LogP contribution < -0.4 is 10.5 Å². The summed E-state index contributed by atoms with van der Waals surface area (Å²) < 4.78 is 33.8. The van der Waals surface area contributed by atoms with Crippen LogP contribution in [0, 0.1) is 0 Å². The van der Waals surface area contributed by atoms with E-state index in [1.54, 1.807) is 7.11 Å². The van der Waals surface area contributed by atoms with Crippen molar-refractivity contribution in [3.05, 3.63) is 11.1 Å². The Bertz CT molecular complexity index is 546. The van der Waals surface area contributed by atoms with Crippen molar-refractivity contribution in [2.45, 2.75) is 31.7 Å². The second-order valence-corrected chi connectivity index (χ2v) is 7.64. The maximum atomic E-state index is 12.3. The number of ether oxygens (including phenoxy) is 1. The highest BCUT2D eigenvalue weighted by Crippen LogP contribution is 2.20. The predicted molar refractivity (Wildman–Crippen MR) is 83.4 cm³/mol. The third-order valence-electron chi connectivity index (χ3n) is 3.45. The Balaban J connectivity index is 1.78. The van der Waals surface area contributed by atoms with E-state index in [4.69, 9.17) is 10.5 Å². The number of rotatable bonds is 8. The molecule has 21 heavy (non-hydrogen) atoms. The molecule has 1 fully saturated rings. The summed E-state index contributed by atoms with van der Waals surface area (Å²) in [6.45, 7) is 1.40. The summed E-state index contributed by atoms with van der Waals surface area (Å²) in [5.74, 6) is 0. The Hall–Kier alpha value is -0.740. The van der Waals surface area contributed by atoms with Crippen LogP contribution in [0.4, 0.5) is 5.13 Å². The van der Waals surface area contributed by atoms with E-state index in [-0.39, 0.29) is 6.04 Å². The molecule has 0 spiro atoms. The Labute approximate surface area is 129 Å². The van der Waals surface area contributed by atoms with Crippen LogP contribution in [0.15, 0.2) is 5.38 Å². The van der Waals surface area contributed by atoms with Gasteiger partial charge in [0.15, 0.2) is 5.13 Å². The van der Waals surface area contributed by atoms with E-state index >= 15 is 0 Å². The lowest BCUT2D eigenvalue weighted by atomic mass is 10.2. The van der Waals surface area contributed by atoms with Gasteiger partial charge in [-0.05, 0) is 25.7 Å². The molecule has 0 amide bonds. The van der Waals surface area contributed by atoms with Gasteiger partial charge in [-0.2, -0.15) is 12.7 Å². The predicted octanol–water partition coefficient (Wildman–Crippen LogP) is 0.603. The summed E-state index contributed by atoms with van der Waals surface area (Å²) in [5.41, 5.74) is 6.47. The summed E-state index contributed by atoms with van der Waals surface area (Å²) in [6.07, 6.45) is 3.16. The lowest BCUT2D eigenvalue weighted by molar-refractivity contribution is 0.148. The van der Waals surface area contributed by atoms with Crippen molar-refractivity contribution in [3.63, 3.8) is 0 Å². The molecule has 120 valence electrons. The zero-order valence-electron chi connectivity index (χ0n) is 12.1. The van der Waals surface area contributed by atoms with Gasteiger partial charge in [-0.25, -0.2) is 9.71 Å². The molecule has 2 heterocycles. The molecule has 1 aliphatic heterocycles. The molecule has 1 saturated heterocycles. The number of nitrogen functional groups attached to an aromatic ring is 1. The van der Waals surface area contributed by atoms with Gasteiger partial charge in [0.1, 0.15) is 0 Å². The lowest BCUT2D eigenvalue weighted by Gasteiger charge is -2.23. The van der Waals surface area contributed by atoms with Crippen LogP contribution >= 0.6 is 11.3 Å². The molecule has 3 N–H and O–H groups in total. The summed E-state index contributed by atoms with van der Waals surface area (Å²) in [6, 6.07) is -0.0501. The first-order chi connectivity index (χ1) is 10.0. The molecule has 0 bridgehead atoms. The van der Waals surface area contributed by atoms with Crippen LogP contribution in [-0.2, 0) is 21.4 Å². The van der Waals surface area contributed by atoms with Crippen LogP contribution in [0.5, 0.6) is 0 Å². The van der Waals surface area contributed by atoms with Crippen LogP contribution in [-0.4, -0.2) is 50.6 Å². The molecule has 0 aliphatic carbocycles. The second kappa shape index (κ2) is 7.50. The minimum Gasteiger partial charge on any atom is -0.383 e. The zero-order chi connectivity index (χ0) is 15.3. The number of nitrogens with zero attached hydrogens (tertiary/aromatic N) is 2. The number of hydrogen-bond donors (Lipinski definition) is 2. The van der Waals surface area contributed by atoms with E-state index < -0.39 is 10.2 Å². The molecule has 0 aromatic carbocycles. The lowest BCUT2D eigenvalue weighted by Crippen LogP contribution is -2.45. The molecule has 7 nitrogen and oxygen atoms in total. The van der Waals surface area contributed by atoms with Gasteiger partial charge in [-0.1, -0.05) is 0 Å². The second-order valence-electron chi connectivity index (χ2n) is 5.04. The number of hydrogen-bond acceptors (Lipinski definition) is 6. The zero-order valence-corrected chi connectivity index (χ0v) is 13.8. The molecule has 0 radical (unpaired) electrons. The van der Waals surface area contributed by atoms with Crippen molar-refractivity contribution in [1.29, 1.82) is 0 Å². The van der Waals surface area contributed by atoms with Crippen LogP contribution in [0.3, 0.4) is 0 Å². The van der Waals surface area contributed by atoms with Gasteiger partial charge >= 0.3 is 0 Å². The molecular formula is C12H22N4O3S2. The number of anilines is 1. The summed E-state index contributed by atoms with van der Waals surface area (Å²) in [7, 11) is -1.83. The number of aryl methyl sites for hydroxylation is 1. The topological polar surface area (TPSA) is 97.5 Å². The minimum absolute atomic E-state index is 0.0501. The quantitative estimate of drug-likeness (QED) is 0.679. The molecule has 1 aromatic heterocycles. The Morgan fingerprint density at radius 1 is 1.62 bits per heavy atom. The van der Waals surface area contributed by atoms with E-state index in [1.807, 2.05) is 5.38 Å². The average Bonchev–Trinajstić information content (AvgIpc) is 3.05. The number of nitrogens with one attached hydrogen (secondary N) is 1. The maximum absolute atomic E-state index is 12.3. The highest BCUT2D eigenvalue weighted by atomic mass is 32.2. The minimum atomic E-state index is -3.42. The first-order valence-corrected chi connectivity index (χ1v) is 9.30. The van der Waals surface area contributed by atoms with Gasteiger partial charge in [0.25, 0.3) is 10.2 Å². The molecule has 1 aliphatic rings. The van der Waals surface area contributed by atoms with Crippen molar-refractivity contribution in [3.8, 4) is 0 Å². The number of aromatic nitrogens is 1. The van der Waals surface area contributed by atoms with E-state index in [2.05, 4.69) is 9.71 Å². The average molecular weight is 334 g/mol. The van der Waals surface area contributed by atoms with Gasteiger partial charge < -0.3 is 10.5 Å². The Morgan fingerprint density at radius 2 is 2.43 bits per heavy atom. The molecule has 1 aromatic rings. The van der Waals surface area contributed by atoms with Crippen molar-refractivity contribution in [1.82, 2.24) is 14.0 Å². The smallest absolute Gasteiger partial charge is 0.279 e. The normalized spacial score (nSPS) is 20.1. The molecule has 2 rings (SSSR count). The van der Waals surface area contributed by atoms with Crippen LogP contribution in [0.2, 0.25) is 0 Å². The fraction of sp³-hybridized carbons (Fsp3) is 0.750. The van der Waals surface area contributed by atoms with Crippen molar-refractivity contribution < 1.29 is 13.2 Å². The first-order valence-electron chi connectivity index (χ1n) is 6.98. The standard InChI is InChI=1S/C12H22N4O3S2/c1-19-8-11-5-3-7-16(11)21(17,18)14-6-2-4-10-9-20-12(13)15-10/h9,11,14H,2-8H2,1H3,(H2,13,15). The van der Waals surface area contributed by atoms with E-state index in [9.17, 15) is 8.42 Å². The maximum Gasteiger partial charge on any atom is 0.279 e. The highest BCUT2D eigenvalue weighted by Gasteiger charge is 2.33. The van der Waals surface area contributed by atoms with Gasteiger partial charge in [-0.3, -0.25) is 0 Å². The fourth-order valence-corrected chi connectivity index (χ4v) is 4.57. The summed E-state index contributed by atoms with van der Waals surface area (Å²) in [5, 5.41) is 2.45. The van der Waals surface area contributed by atoms with Gasteiger partial charge in [0.05, 0.1) is 12.3 Å². The molecule has 0 saturated carbocycles. The third-order valence-corrected chi connectivity index (χ3v) is 5.84. The molecule has 9 heteroatoms. The van der Waals surface area contributed by atoms with Gasteiger partial charge in [0.2, 0.25) is 0 Å². The summed E-state index contributed by atoms with van der Waals surface area (Å²) in [4.78, 5) is 4.15. The van der Waals surface area contributed by atoms with Crippen molar-refractivity contribution in [2.75, 3.05) is 32.5 Å². The molecule has 1 atom stereocenters. The van der Waals surface area contributed by atoms with E-state index in [0.717, 1.165) is 25.0 Å². The number of nitrogens with two attached hydrogens (primary N) is 1. The Kier molecular flexibility index (Phi) is 5.94. The monoisotopic (exact) mass is 334 g/mol. The molecule has 1 unspecified atom stereocenters. The number of methoxy groups -OCH3 is 1. The first kappa shape index (κ1) is 16.6.